The van der Waals surface area contributed by atoms with E-state index in [0.717, 1.165) is 43.1 Å². The SMILES string of the molecule is CC(C)N1CCN(C(=O)c2nc(-c3ccn(C(C)C)c3)n3ccccc23)CC1. The van der Waals surface area contributed by atoms with Gasteiger partial charge in [0.2, 0.25) is 0 Å². The van der Waals surface area contributed by atoms with Crippen molar-refractivity contribution in [3.05, 3.63) is 48.5 Å². The summed E-state index contributed by atoms with van der Waals surface area (Å²) in [5, 5.41) is 0. The lowest BCUT2D eigenvalue weighted by Crippen LogP contribution is -2.50. The summed E-state index contributed by atoms with van der Waals surface area (Å²) in [5.74, 6) is 0.848. The van der Waals surface area contributed by atoms with E-state index in [-0.39, 0.29) is 5.91 Å². The number of rotatable bonds is 4. The molecule has 0 aromatic carbocycles. The zero-order valence-electron chi connectivity index (χ0n) is 17.2. The van der Waals surface area contributed by atoms with Crippen LogP contribution in [-0.4, -0.2) is 61.9 Å². The van der Waals surface area contributed by atoms with Crippen molar-refractivity contribution in [2.75, 3.05) is 26.2 Å². The van der Waals surface area contributed by atoms with Crippen LogP contribution in [0, 0.1) is 0 Å². The minimum Gasteiger partial charge on any atom is -0.351 e. The molecule has 0 atom stereocenters. The van der Waals surface area contributed by atoms with Crippen LogP contribution in [0.25, 0.3) is 16.9 Å². The van der Waals surface area contributed by atoms with Crippen molar-refractivity contribution in [2.24, 2.45) is 0 Å². The minimum absolute atomic E-state index is 0.0293. The van der Waals surface area contributed by atoms with Crippen LogP contribution < -0.4 is 0 Å². The van der Waals surface area contributed by atoms with Gasteiger partial charge in [0, 0.05) is 62.4 Å². The van der Waals surface area contributed by atoms with E-state index in [2.05, 4.69) is 55.6 Å². The van der Waals surface area contributed by atoms with Gasteiger partial charge in [0.05, 0.1) is 5.52 Å². The highest BCUT2D eigenvalue weighted by Crippen LogP contribution is 2.25. The Hall–Kier alpha value is -2.60. The summed E-state index contributed by atoms with van der Waals surface area (Å²) in [6, 6.07) is 8.90. The smallest absolute Gasteiger partial charge is 0.274 e. The molecule has 28 heavy (non-hydrogen) atoms. The van der Waals surface area contributed by atoms with Crippen LogP contribution in [0.5, 0.6) is 0 Å². The lowest BCUT2D eigenvalue weighted by molar-refractivity contribution is 0.0592. The number of fused-ring (bicyclic) bond motifs is 1. The number of imidazole rings is 1. The first-order valence-electron chi connectivity index (χ1n) is 10.1. The summed E-state index contributed by atoms with van der Waals surface area (Å²) in [6.45, 7) is 12.0. The van der Waals surface area contributed by atoms with Crippen LogP contribution in [0.15, 0.2) is 42.9 Å². The number of nitrogens with zero attached hydrogens (tertiary/aromatic N) is 5. The monoisotopic (exact) mass is 379 g/mol. The van der Waals surface area contributed by atoms with Gasteiger partial charge in [0.15, 0.2) is 5.69 Å². The minimum atomic E-state index is 0.0293. The first kappa shape index (κ1) is 18.7. The van der Waals surface area contributed by atoms with Crippen LogP contribution in [0.1, 0.15) is 44.2 Å². The van der Waals surface area contributed by atoms with Crippen molar-refractivity contribution in [3.63, 3.8) is 0 Å². The molecule has 0 radical (unpaired) electrons. The summed E-state index contributed by atoms with van der Waals surface area (Å²) in [6.07, 6.45) is 6.15. The molecule has 4 rings (SSSR count). The zero-order valence-corrected chi connectivity index (χ0v) is 17.2. The largest absolute Gasteiger partial charge is 0.351 e. The van der Waals surface area contributed by atoms with Crippen molar-refractivity contribution >= 4 is 11.4 Å². The number of amides is 1. The van der Waals surface area contributed by atoms with Crippen molar-refractivity contribution in [2.45, 2.75) is 39.8 Å². The lowest BCUT2D eigenvalue weighted by atomic mass is 10.2. The summed E-state index contributed by atoms with van der Waals surface area (Å²) in [5.41, 5.74) is 2.44. The Balaban J connectivity index is 1.67. The third-order valence-corrected chi connectivity index (χ3v) is 5.65. The van der Waals surface area contributed by atoms with Crippen LogP contribution in [0.3, 0.4) is 0 Å². The van der Waals surface area contributed by atoms with Gasteiger partial charge in [-0.05, 0) is 45.9 Å². The predicted molar refractivity (Wildman–Crippen MR) is 112 cm³/mol. The van der Waals surface area contributed by atoms with Crippen LogP contribution >= 0.6 is 0 Å². The van der Waals surface area contributed by atoms with E-state index in [1.807, 2.05) is 33.7 Å². The Labute approximate surface area is 166 Å². The molecule has 3 aromatic heterocycles. The number of carbonyl (C=O) groups is 1. The number of carbonyl (C=O) groups excluding carboxylic acids is 1. The van der Waals surface area contributed by atoms with Crippen LogP contribution in [-0.2, 0) is 0 Å². The van der Waals surface area contributed by atoms with Crippen molar-refractivity contribution < 1.29 is 4.79 Å². The molecule has 1 fully saturated rings. The Kier molecular flexibility index (Phi) is 4.98. The van der Waals surface area contributed by atoms with Gasteiger partial charge in [-0.1, -0.05) is 6.07 Å². The molecule has 6 nitrogen and oxygen atoms in total. The van der Waals surface area contributed by atoms with Crippen LogP contribution in [0.2, 0.25) is 0 Å². The first-order chi connectivity index (χ1) is 13.5. The van der Waals surface area contributed by atoms with Gasteiger partial charge in [-0.15, -0.1) is 0 Å². The van der Waals surface area contributed by atoms with E-state index in [0.29, 0.717) is 17.8 Å². The van der Waals surface area contributed by atoms with E-state index < -0.39 is 0 Å². The molecule has 4 heterocycles. The average Bonchev–Trinajstić information content (AvgIpc) is 3.32. The average molecular weight is 380 g/mol. The molecule has 148 valence electrons. The molecule has 1 aliphatic rings. The summed E-state index contributed by atoms with van der Waals surface area (Å²) in [7, 11) is 0. The highest BCUT2D eigenvalue weighted by Gasteiger charge is 2.27. The standard InChI is InChI=1S/C22H29N5O/c1-16(2)24-11-13-25(14-12-24)22(28)20-19-7-5-6-9-27(19)21(23-20)18-8-10-26(15-18)17(3)4/h5-10,15-17H,11-14H2,1-4H3. The van der Waals surface area contributed by atoms with Gasteiger partial charge in [0.1, 0.15) is 5.82 Å². The molecule has 0 N–H and O–H groups in total. The summed E-state index contributed by atoms with van der Waals surface area (Å²) < 4.78 is 4.18. The third kappa shape index (κ3) is 3.33. The van der Waals surface area contributed by atoms with Gasteiger partial charge in [-0.25, -0.2) is 4.98 Å². The highest BCUT2D eigenvalue weighted by molar-refractivity contribution is 6.00. The summed E-state index contributed by atoms with van der Waals surface area (Å²) in [4.78, 5) is 22.4. The maximum atomic E-state index is 13.3. The zero-order chi connectivity index (χ0) is 19.8. The Morgan fingerprint density at radius 1 is 0.964 bits per heavy atom. The molecule has 0 bridgehead atoms. The van der Waals surface area contributed by atoms with E-state index >= 15 is 0 Å². The number of piperazine rings is 1. The topological polar surface area (TPSA) is 45.8 Å². The molecule has 0 saturated carbocycles. The van der Waals surface area contributed by atoms with E-state index in [1.54, 1.807) is 0 Å². The van der Waals surface area contributed by atoms with Gasteiger partial charge >= 0.3 is 0 Å². The maximum Gasteiger partial charge on any atom is 0.274 e. The van der Waals surface area contributed by atoms with Crippen LogP contribution in [0.4, 0.5) is 0 Å². The van der Waals surface area contributed by atoms with Crippen molar-refractivity contribution in [1.29, 1.82) is 0 Å². The second-order valence-electron chi connectivity index (χ2n) is 8.10. The van der Waals surface area contributed by atoms with E-state index in [4.69, 9.17) is 4.98 Å². The fraction of sp³-hybridized carbons (Fsp3) is 0.455. The van der Waals surface area contributed by atoms with Crippen molar-refractivity contribution in [1.82, 2.24) is 23.8 Å². The third-order valence-electron chi connectivity index (χ3n) is 5.65. The highest BCUT2D eigenvalue weighted by atomic mass is 16.2. The van der Waals surface area contributed by atoms with Gasteiger partial charge in [0.25, 0.3) is 5.91 Å². The number of hydrogen-bond acceptors (Lipinski definition) is 3. The second kappa shape index (κ2) is 7.43. The number of hydrogen-bond donors (Lipinski definition) is 0. The first-order valence-corrected chi connectivity index (χ1v) is 10.1. The molecule has 1 saturated heterocycles. The molecule has 0 aliphatic carbocycles. The molecule has 0 spiro atoms. The fourth-order valence-electron chi connectivity index (χ4n) is 3.86. The molecule has 0 unspecified atom stereocenters. The maximum absolute atomic E-state index is 13.3. The second-order valence-corrected chi connectivity index (χ2v) is 8.10. The molecule has 1 amide bonds. The molecule has 1 aliphatic heterocycles. The quantitative estimate of drug-likeness (QED) is 0.696. The van der Waals surface area contributed by atoms with Gasteiger partial charge in [-0.2, -0.15) is 0 Å². The summed E-state index contributed by atoms with van der Waals surface area (Å²) >= 11 is 0. The number of aromatic nitrogens is 3. The Bertz CT molecular complexity index is 976. The molecular formula is C22H29N5O. The number of pyridine rings is 1. The van der Waals surface area contributed by atoms with E-state index in [1.165, 1.54) is 0 Å². The van der Waals surface area contributed by atoms with E-state index in [9.17, 15) is 4.79 Å². The molecular weight excluding hydrogens is 350 g/mol. The van der Waals surface area contributed by atoms with Gasteiger partial charge < -0.3 is 9.47 Å². The normalized spacial score (nSPS) is 15.9. The van der Waals surface area contributed by atoms with Gasteiger partial charge in [-0.3, -0.25) is 14.1 Å². The lowest BCUT2D eigenvalue weighted by Gasteiger charge is -2.36. The Morgan fingerprint density at radius 3 is 2.36 bits per heavy atom. The predicted octanol–water partition coefficient (Wildman–Crippen LogP) is 3.55. The Morgan fingerprint density at radius 2 is 1.71 bits per heavy atom. The molecule has 6 heteroatoms. The fourth-order valence-corrected chi connectivity index (χ4v) is 3.86. The van der Waals surface area contributed by atoms with Crippen molar-refractivity contribution in [3.8, 4) is 11.4 Å². The molecule has 3 aromatic rings.